The first-order valence-electron chi connectivity index (χ1n) is 9.47. The second kappa shape index (κ2) is 10.3. The summed E-state index contributed by atoms with van der Waals surface area (Å²) in [7, 11) is 1.67. The molecule has 3 aromatic rings. The molecule has 28 heavy (non-hydrogen) atoms. The summed E-state index contributed by atoms with van der Waals surface area (Å²) in [6.45, 7) is 4.09. The molecule has 0 atom stereocenters. The van der Waals surface area contributed by atoms with E-state index >= 15 is 0 Å². The van der Waals surface area contributed by atoms with Crippen LogP contribution in [-0.4, -0.2) is 18.7 Å². The molecule has 1 N–H and O–H groups in total. The maximum Gasteiger partial charge on any atom is 0.223 e. The molecular formula is C23H26N2O3. The number of nitrogens with zero attached hydrogens (tertiary/aromatic N) is 1. The molecule has 0 saturated heterocycles. The van der Waals surface area contributed by atoms with Crippen molar-refractivity contribution in [2.45, 2.75) is 26.4 Å². The Morgan fingerprint density at radius 1 is 0.929 bits per heavy atom. The normalized spacial score (nSPS) is 10.5. The summed E-state index contributed by atoms with van der Waals surface area (Å²) < 4.78 is 17.1. The highest BCUT2D eigenvalue weighted by Crippen LogP contribution is 2.31. The quantitative estimate of drug-likeness (QED) is 0.540. The Balaban J connectivity index is 1.66. The molecule has 0 radical (unpaired) electrons. The molecule has 0 aliphatic carbocycles. The summed E-state index contributed by atoms with van der Waals surface area (Å²) in [6, 6.07) is 19.6. The first-order valence-corrected chi connectivity index (χ1v) is 9.47. The third-order valence-corrected chi connectivity index (χ3v) is 4.15. The maximum absolute atomic E-state index is 6.08. The van der Waals surface area contributed by atoms with Gasteiger partial charge in [0.2, 0.25) is 5.88 Å². The largest absolute Gasteiger partial charge is 0.497 e. The molecule has 0 aliphatic rings. The van der Waals surface area contributed by atoms with Gasteiger partial charge in [0.05, 0.1) is 13.7 Å². The summed E-state index contributed by atoms with van der Waals surface area (Å²) in [5.74, 6) is 2.83. The number of aromatic nitrogens is 1. The Morgan fingerprint density at radius 3 is 2.61 bits per heavy atom. The number of pyridine rings is 1. The molecule has 3 rings (SSSR count). The average Bonchev–Trinajstić information content (AvgIpc) is 2.74. The van der Waals surface area contributed by atoms with Crippen LogP contribution in [0.4, 0.5) is 0 Å². The summed E-state index contributed by atoms with van der Waals surface area (Å²) in [5, 5.41) is 3.44. The molecular weight excluding hydrogens is 352 g/mol. The molecule has 0 spiro atoms. The van der Waals surface area contributed by atoms with Gasteiger partial charge < -0.3 is 19.5 Å². The van der Waals surface area contributed by atoms with E-state index in [2.05, 4.69) is 23.3 Å². The van der Waals surface area contributed by atoms with Crippen LogP contribution < -0.4 is 19.5 Å². The lowest BCUT2D eigenvalue weighted by molar-refractivity contribution is 0.300. The number of hydrogen-bond donors (Lipinski definition) is 1. The standard InChI is InChI=1S/C23H26N2O3/c1-3-14-27-21-11-4-5-12-22(21)28-23-19(9-7-13-25-23)17-24-16-18-8-6-10-20(15-18)26-2/h4-13,15,24H,3,14,16-17H2,1-2H3. The van der Waals surface area contributed by atoms with Crippen LogP contribution >= 0.6 is 0 Å². The molecule has 0 bridgehead atoms. The van der Waals surface area contributed by atoms with E-state index in [1.807, 2.05) is 54.6 Å². The fraction of sp³-hybridized carbons (Fsp3) is 0.261. The molecule has 0 fully saturated rings. The zero-order valence-electron chi connectivity index (χ0n) is 16.4. The van der Waals surface area contributed by atoms with Gasteiger partial charge in [-0.15, -0.1) is 0 Å². The van der Waals surface area contributed by atoms with E-state index in [4.69, 9.17) is 14.2 Å². The van der Waals surface area contributed by atoms with Gasteiger partial charge >= 0.3 is 0 Å². The van der Waals surface area contributed by atoms with Crippen molar-refractivity contribution in [3.63, 3.8) is 0 Å². The van der Waals surface area contributed by atoms with E-state index in [0.29, 0.717) is 24.8 Å². The number of para-hydroxylation sites is 2. The van der Waals surface area contributed by atoms with E-state index < -0.39 is 0 Å². The van der Waals surface area contributed by atoms with Gasteiger partial charge in [0.1, 0.15) is 5.75 Å². The zero-order chi connectivity index (χ0) is 19.6. The zero-order valence-corrected chi connectivity index (χ0v) is 16.4. The van der Waals surface area contributed by atoms with E-state index in [9.17, 15) is 0 Å². The van der Waals surface area contributed by atoms with Gasteiger partial charge in [-0.1, -0.05) is 37.3 Å². The van der Waals surface area contributed by atoms with E-state index in [-0.39, 0.29) is 0 Å². The van der Waals surface area contributed by atoms with Crippen molar-refractivity contribution < 1.29 is 14.2 Å². The predicted octanol–water partition coefficient (Wildman–Crippen LogP) is 4.96. The lowest BCUT2D eigenvalue weighted by atomic mass is 10.2. The minimum Gasteiger partial charge on any atom is -0.497 e. The van der Waals surface area contributed by atoms with E-state index in [0.717, 1.165) is 35.6 Å². The van der Waals surface area contributed by atoms with Crippen molar-refractivity contribution in [2.75, 3.05) is 13.7 Å². The van der Waals surface area contributed by atoms with Crippen LogP contribution in [0.1, 0.15) is 24.5 Å². The molecule has 1 heterocycles. The van der Waals surface area contributed by atoms with Crippen molar-refractivity contribution in [3.05, 3.63) is 78.0 Å². The Kier molecular flexibility index (Phi) is 7.27. The maximum atomic E-state index is 6.08. The number of methoxy groups -OCH3 is 1. The second-order valence-electron chi connectivity index (χ2n) is 6.32. The lowest BCUT2D eigenvalue weighted by Gasteiger charge is -2.14. The lowest BCUT2D eigenvalue weighted by Crippen LogP contribution is -2.13. The van der Waals surface area contributed by atoms with Crippen molar-refractivity contribution in [1.82, 2.24) is 10.3 Å². The first-order chi connectivity index (χ1) is 13.8. The molecule has 146 valence electrons. The first kappa shape index (κ1) is 19.7. The van der Waals surface area contributed by atoms with Gasteiger partial charge in [0.15, 0.2) is 11.5 Å². The second-order valence-corrected chi connectivity index (χ2v) is 6.32. The van der Waals surface area contributed by atoms with Gasteiger partial charge in [0, 0.05) is 24.8 Å². The topological polar surface area (TPSA) is 52.6 Å². The minimum atomic E-state index is 0.577. The predicted molar refractivity (Wildman–Crippen MR) is 110 cm³/mol. The van der Waals surface area contributed by atoms with Crippen molar-refractivity contribution in [1.29, 1.82) is 0 Å². The van der Waals surface area contributed by atoms with Crippen LogP contribution in [0, 0.1) is 0 Å². The molecule has 0 unspecified atom stereocenters. The van der Waals surface area contributed by atoms with Crippen LogP contribution in [-0.2, 0) is 13.1 Å². The monoisotopic (exact) mass is 378 g/mol. The fourth-order valence-corrected chi connectivity index (χ4v) is 2.74. The molecule has 0 amide bonds. The third-order valence-electron chi connectivity index (χ3n) is 4.15. The Labute approximate surface area is 166 Å². The minimum absolute atomic E-state index is 0.577. The number of rotatable bonds is 10. The molecule has 5 heteroatoms. The smallest absolute Gasteiger partial charge is 0.223 e. The summed E-state index contributed by atoms with van der Waals surface area (Å²) >= 11 is 0. The Hall–Kier alpha value is -3.05. The summed E-state index contributed by atoms with van der Waals surface area (Å²) in [4.78, 5) is 4.41. The number of benzene rings is 2. The molecule has 0 aliphatic heterocycles. The number of nitrogens with one attached hydrogen (secondary N) is 1. The van der Waals surface area contributed by atoms with E-state index in [1.165, 1.54) is 0 Å². The number of hydrogen-bond acceptors (Lipinski definition) is 5. The third kappa shape index (κ3) is 5.47. The highest BCUT2D eigenvalue weighted by Gasteiger charge is 2.10. The Bertz CT molecular complexity index is 883. The molecule has 0 saturated carbocycles. The van der Waals surface area contributed by atoms with Gasteiger partial charge in [-0.25, -0.2) is 4.98 Å². The van der Waals surface area contributed by atoms with Crippen LogP contribution in [0.15, 0.2) is 66.9 Å². The van der Waals surface area contributed by atoms with Crippen LogP contribution in [0.25, 0.3) is 0 Å². The van der Waals surface area contributed by atoms with Crippen molar-refractivity contribution in [3.8, 4) is 23.1 Å². The summed E-state index contributed by atoms with van der Waals surface area (Å²) in [5.41, 5.74) is 2.14. The van der Waals surface area contributed by atoms with Crippen LogP contribution in [0.3, 0.4) is 0 Å². The van der Waals surface area contributed by atoms with E-state index in [1.54, 1.807) is 13.3 Å². The van der Waals surface area contributed by atoms with Crippen LogP contribution in [0.2, 0.25) is 0 Å². The van der Waals surface area contributed by atoms with Crippen LogP contribution in [0.5, 0.6) is 23.1 Å². The molecule has 5 nitrogen and oxygen atoms in total. The van der Waals surface area contributed by atoms with Crippen molar-refractivity contribution in [2.24, 2.45) is 0 Å². The SMILES string of the molecule is CCCOc1ccccc1Oc1ncccc1CNCc1cccc(OC)c1. The van der Waals surface area contributed by atoms with Gasteiger partial charge in [-0.05, 0) is 42.3 Å². The fourth-order valence-electron chi connectivity index (χ4n) is 2.74. The van der Waals surface area contributed by atoms with Gasteiger partial charge in [-0.3, -0.25) is 0 Å². The molecule has 2 aromatic carbocycles. The highest BCUT2D eigenvalue weighted by atomic mass is 16.5. The molecule has 1 aromatic heterocycles. The summed E-state index contributed by atoms with van der Waals surface area (Å²) in [6.07, 6.45) is 2.67. The van der Waals surface area contributed by atoms with Gasteiger partial charge in [0.25, 0.3) is 0 Å². The van der Waals surface area contributed by atoms with Crippen molar-refractivity contribution >= 4 is 0 Å². The van der Waals surface area contributed by atoms with Gasteiger partial charge in [-0.2, -0.15) is 0 Å². The highest BCUT2D eigenvalue weighted by molar-refractivity contribution is 5.43. The number of ether oxygens (including phenoxy) is 3. The Morgan fingerprint density at radius 2 is 1.79 bits per heavy atom. The average molecular weight is 378 g/mol.